The van der Waals surface area contributed by atoms with Gasteiger partial charge < -0.3 is 10.8 Å². The Balaban J connectivity index is 1.89. The summed E-state index contributed by atoms with van der Waals surface area (Å²) in [4.78, 5) is 0. The fourth-order valence-electron chi connectivity index (χ4n) is 3.37. The van der Waals surface area contributed by atoms with Crippen molar-refractivity contribution in [3.05, 3.63) is 76.9 Å². The zero-order chi connectivity index (χ0) is 14.4. The number of anilines is 1. The van der Waals surface area contributed by atoms with Crippen molar-refractivity contribution in [3.8, 4) is 0 Å². The summed E-state index contributed by atoms with van der Waals surface area (Å²) in [6.07, 6.45) is 1.60. The predicted octanol–water partition coefficient (Wildman–Crippen LogP) is 3.60. The van der Waals surface area contributed by atoms with Gasteiger partial charge in [-0.3, -0.25) is 0 Å². The van der Waals surface area contributed by atoms with E-state index >= 15 is 0 Å². The molecule has 0 radical (unpaired) electrons. The molecule has 0 spiro atoms. The molecule has 2 nitrogen and oxygen atoms in total. The van der Waals surface area contributed by atoms with Gasteiger partial charge in [-0.25, -0.2) is 0 Å². The Morgan fingerprint density at radius 3 is 2.33 bits per heavy atom. The van der Waals surface area contributed by atoms with Crippen molar-refractivity contribution < 1.29 is 5.11 Å². The van der Waals surface area contributed by atoms with Gasteiger partial charge in [-0.1, -0.05) is 42.5 Å². The topological polar surface area (TPSA) is 46.2 Å². The van der Waals surface area contributed by atoms with Crippen molar-refractivity contribution in [1.29, 1.82) is 0 Å². The lowest BCUT2D eigenvalue weighted by Crippen LogP contribution is -2.01. The van der Waals surface area contributed by atoms with Crippen LogP contribution in [0.25, 0.3) is 10.8 Å². The first-order valence-corrected chi connectivity index (χ1v) is 7.31. The van der Waals surface area contributed by atoms with E-state index in [1.165, 1.54) is 21.9 Å². The van der Waals surface area contributed by atoms with E-state index in [9.17, 15) is 5.11 Å². The molecule has 0 heterocycles. The van der Waals surface area contributed by atoms with Gasteiger partial charge in [-0.05, 0) is 58.0 Å². The van der Waals surface area contributed by atoms with E-state index in [0.717, 1.165) is 24.0 Å². The zero-order valence-corrected chi connectivity index (χ0v) is 11.7. The minimum atomic E-state index is -0.615. The van der Waals surface area contributed by atoms with Gasteiger partial charge in [0.05, 0.1) is 0 Å². The highest BCUT2D eigenvalue weighted by Gasteiger charge is 2.19. The van der Waals surface area contributed by atoms with Gasteiger partial charge >= 0.3 is 0 Å². The molecule has 0 aromatic heterocycles. The highest BCUT2D eigenvalue weighted by atomic mass is 16.3. The number of nitrogen functional groups attached to an aromatic ring is 1. The van der Waals surface area contributed by atoms with E-state index in [1.807, 2.05) is 24.3 Å². The molecule has 21 heavy (non-hydrogen) atoms. The highest BCUT2D eigenvalue weighted by molar-refractivity contribution is 5.93. The van der Waals surface area contributed by atoms with Crippen LogP contribution in [0.2, 0.25) is 0 Å². The summed E-state index contributed by atoms with van der Waals surface area (Å²) in [5.41, 5.74) is 11.1. The molecule has 0 fully saturated rings. The lowest BCUT2D eigenvalue weighted by Gasteiger charge is -2.15. The van der Waals surface area contributed by atoms with Gasteiger partial charge in [0.1, 0.15) is 6.10 Å². The summed E-state index contributed by atoms with van der Waals surface area (Å²) >= 11 is 0. The molecule has 0 saturated carbocycles. The monoisotopic (exact) mass is 275 g/mol. The Morgan fingerprint density at radius 2 is 1.57 bits per heavy atom. The first kappa shape index (κ1) is 12.4. The predicted molar refractivity (Wildman–Crippen MR) is 86.3 cm³/mol. The Labute approximate surface area is 123 Å². The number of hydrogen-bond acceptors (Lipinski definition) is 2. The van der Waals surface area contributed by atoms with E-state index in [-0.39, 0.29) is 0 Å². The number of aryl methyl sites for hydroxylation is 2. The quantitative estimate of drug-likeness (QED) is 0.702. The van der Waals surface area contributed by atoms with Crippen LogP contribution in [0.15, 0.2) is 54.6 Å². The van der Waals surface area contributed by atoms with E-state index < -0.39 is 6.10 Å². The van der Waals surface area contributed by atoms with Crippen molar-refractivity contribution in [2.45, 2.75) is 18.9 Å². The van der Waals surface area contributed by atoms with Crippen LogP contribution in [0.3, 0.4) is 0 Å². The molecule has 1 atom stereocenters. The SMILES string of the molecule is Nc1ccc([C@@H](O)c2ccc3c4c(cccc24)CC3)cc1. The molecule has 3 N–H and O–H groups in total. The molecule has 1 aliphatic carbocycles. The van der Waals surface area contributed by atoms with Crippen LogP contribution in [0.4, 0.5) is 5.69 Å². The molecular weight excluding hydrogens is 258 g/mol. The van der Waals surface area contributed by atoms with Gasteiger partial charge in [0.25, 0.3) is 0 Å². The number of aliphatic hydroxyl groups excluding tert-OH is 1. The maximum atomic E-state index is 10.7. The second kappa shape index (κ2) is 4.61. The molecule has 2 heteroatoms. The smallest absolute Gasteiger partial charge is 0.105 e. The van der Waals surface area contributed by atoms with Crippen molar-refractivity contribution >= 4 is 16.5 Å². The van der Waals surface area contributed by atoms with Gasteiger partial charge in [0.15, 0.2) is 0 Å². The summed E-state index contributed by atoms with van der Waals surface area (Å²) in [6.45, 7) is 0. The summed E-state index contributed by atoms with van der Waals surface area (Å²) in [5, 5.41) is 13.3. The van der Waals surface area contributed by atoms with Crippen LogP contribution in [-0.2, 0) is 12.8 Å². The van der Waals surface area contributed by atoms with E-state index in [0.29, 0.717) is 5.69 Å². The van der Waals surface area contributed by atoms with Crippen molar-refractivity contribution in [2.75, 3.05) is 5.73 Å². The van der Waals surface area contributed by atoms with Gasteiger partial charge in [0.2, 0.25) is 0 Å². The molecule has 0 aliphatic heterocycles. The molecular formula is C19H17NO. The standard InChI is InChI=1S/C19H17NO/c20-15-9-6-14(7-10-15)19(21)17-11-8-13-5-4-12-2-1-3-16(17)18(12)13/h1-3,6-11,19,21H,4-5,20H2/t19-/m1/s1. The van der Waals surface area contributed by atoms with Crippen molar-refractivity contribution in [3.63, 3.8) is 0 Å². The molecule has 1 aliphatic rings. The van der Waals surface area contributed by atoms with Crippen LogP contribution in [-0.4, -0.2) is 5.11 Å². The fourth-order valence-corrected chi connectivity index (χ4v) is 3.37. The second-order valence-electron chi connectivity index (χ2n) is 5.72. The number of rotatable bonds is 2. The Hall–Kier alpha value is -2.32. The summed E-state index contributed by atoms with van der Waals surface area (Å²) in [6, 6.07) is 18.1. The van der Waals surface area contributed by atoms with Gasteiger partial charge in [0, 0.05) is 5.69 Å². The Morgan fingerprint density at radius 1 is 0.857 bits per heavy atom. The Bertz CT molecular complexity index is 811. The van der Waals surface area contributed by atoms with E-state index in [2.05, 4.69) is 30.3 Å². The molecule has 4 rings (SSSR count). The first-order valence-electron chi connectivity index (χ1n) is 7.31. The van der Waals surface area contributed by atoms with E-state index in [1.54, 1.807) is 0 Å². The normalized spacial score (nSPS) is 14.5. The van der Waals surface area contributed by atoms with E-state index in [4.69, 9.17) is 5.73 Å². The number of benzene rings is 3. The molecule has 0 unspecified atom stereocenters. The third-order valence-corrected chi connectivity index (χ3v) is 4.46. The minimum absolute atomic E-state index is 0.615. The molecule has 0 saturated heterocycles. The summed E-state index contributed by atoms with van der Waals surface area (Å²) in [5.74, 6) is 0. The van der Waals surface area contributed by atoms with Crippen LogP contribution >= 0.6 is 0 Å². The molecule has 104 valence electrons. The highest BCUT2D eigenvalue weighted by Crippen LogP contribution is 2.36. The van der Waals surface area contributed by atoms with Gasteiger partial charge in [-0.15, -0.1) is 0 Å². The van der Waals surface area contributed by atoms with Crippen molar-refractivity contribution in [1.82, 2.24) is 0 Å². The lowest BCUT2D eigenvalue weighted by molar-refractivity contribution is 0.222. The maximum absolute atomic E-state index is 10.7. The molecule has 3 aromatic rings. The first-order chi connectivity index (χ1) is 10.2. The number of aliphatic hydroxyl groups is 1. The minimum Gasteiger partial charge on any atom is -0.399 e. The number of nitrogens with two attached hydrogens (primary N) is 1. The van der Waals surface area contributed by atoms with Gasteiger partial charge in [-0.2, -0.15) is 0 Å². The average molecular weight is 275 g/mol. The third kappa shape index (κ3) is 1.91. The fraction of sp³-hybridized carbons (Fsp3) is 0.158. The lowest BCUT2D eigenvalue weighted by atomic mass is 9.93. The van der Waals surface area contributed by atoms with Crippen molar-refractivity contribution in [2.24, 2.45) is 0 Å². The molecule has 0 bridgehead atoms. The summed E-state index contributed by atoms with van der Waals surface area (Å²) < 4.78 is 0. The number of hydrogen-bond donors (Lipinski definition) is 2. The summed E-state index contributed by atoms with van der Waals surface area (Å²) in [7, 11) is 0. The zero-order valence-electron chi connectivity index (χ0n) is 11.7. The van der Waals surface area contributed by atoms with Crippen LogP contribution in [0.1, 0.15) is 28.4 Å². The third-order valence-electron chi connectivity index (χ3n) is 4.46. The largest absolute Gasteiger partial charge is 0.399 e. The molecule has 3 aromatic carbocycles. The van der Waals surface area contributed by atoms with Crippen LogP contribution in [0.5, 0.6) is 0 Å². The molecule has 0 amide bonds. The van der Waals surface area contributed by atoms with Crippen LogP contribution < -0.4 is 5.73 Å². The van der Waals surface area contributed by atoms with Crippen LogP contribution in [0, 0.1) is 0 Å². The Kier molecular flexibility index (Phi) is 2.72. The maximum Gasteiger partial charge on any atom is 0.105 e. The second-order valence-corrected chi connectivity index (χ2v) is 5.72. The average Bonchev–Trinajstić information content (AvgIpc) is 2.93.